The van der Waals surface area contributed by atoms with Gasteiger partial charge in [0.2, 0.25) is 0 Å². The van der Waals surface area contributed by atoms with Crippen LogP contribution in [0, 0.1) is 5.82 Å². The van der Waals surface area contributed by atoms with E-state index in [0.29, 0.717) is 16.9 Å². The van der Waals surface area contributed by atoms with E-state index in [-0.39, 0.29) is 21.7 Å². The fraction of sp³-hybridized carbons (Fsp3) is 0.100. The summed E-state index contributed by atoms with van der Waals surface area (Å²) in [4.78, 5) is 23.2. The number of nitrogens with zero attached hydrogens (tertiary/aromatic N) is 2. The van der Waals surface area contributed by atoms with Gasteiger partial charge in [-0.25, -0.2) is 9.18 Å². The number of amides is 1. The summed E-state index contributed by atoms with van der Waals surface area (Å²) in [5.41, 5.74) is 1.35. The molecule has 1 aliphatic rings. The Balaban J connectivity index is 1.61. The van der Waals surface area contributed by atoms with Gasteiger partial charge in [0.05, 0.1) is 23.3 Å². The molecule has 1 heterocycles. The predicted octanol–water partition coefficient (Wildman–Crippen LogP) is 3.67. The SMILES string of the molecule is COC(=O)/C=C1/S/C(=N\N=Cc2cccc(OCc3ccc(Cl)c(F)c3)c2)NC1=O. The summed E-state index contributed by atoms with van der Waals surface area (Å²) in [6.45, 7) is 0.176. The van der Waals surface area contributed by atoms with Gasteiger partial charge < -0.3 is 9.47 Å². The van der Waals surface area contributed by atoms with Gasteiger partial charge in [-0.1, -0.05) is 29.8 Å². The van der Waals surface area contributed by atoms with Gasteiger partial charge in [-0.15, -0.1) is 5.10 Å². The van der Waals surface area contributed by atoms with E-state index in [1.165, 1.54) is 25.5 Å². The van der Waals surface area contributed by atoms with Gasteiger partial charge in [-0.2, -0.15) is 5.10 Å². The first kappa shape index (κ1) is 21.5. The molecule has 30 heavy (non-hydrogen) atoms. The number of carbonyl (C=O) groups is 2. The van der Waals surface area contributed by atoms with E-state index in [1.807, 2.05) is 0 Å². The van der Waals surface area contributed by atoms with Crippen LogP contribution in [0.15, 0.2) is 63.6 Å². The summed E-state index contributed by atoms with van der Waals surface area (Å²) in [7, 11) is 1.22. The Hall–Kier alpha value is -3.17. The van der Waals surface area contributed by atoms with Crippen LogP contribution in [-0.4, -0.2) is 30.4 Å². The van der Waals surface area contributed by atoms with Crippen LogP contribution in [0.1, 0.15) is 11.1 Å². The van der Waals surface area contributed by atoms with Crippen molar-refractivity contribution in [2.75, 3.05) is 7.11 Å². The highest BCUT2D eigenvalue weighted by Crippen LogP contribution is 2.23. The van der Waals surface area contributed by atoms with Crippen LogP contribution in [-0.2, 0) is 20.9 Å². The standard InChI is InChI=1S/C20H15ClFN3O4S/c1-28-18(26)9-17-19(27)24-20(30-17)25-23-10-12-3-2-4-14(7-12)29-11-13-5-6-15(21)16(22)8-13/h2-10H,11H2,1H3,(H,24,25,27)/b17-9+,23-10?. The topological polar surface area (TPSA) is 89.3 Å². The number of hydrogen-bond acceptors (Lipinski definition) is 7. The number of carbonyl (C=O) groups excluding carboxylic acids is 2. The Morgan fingerprint density at radius 3 is 2.90 bits per heavy atom. The zero-order valence-corrected chi connectivity index (χ0v) is 17.2. The molecule has 0 atom stereocenters. The summed E-state index contributed by atoms with van der Waals surface area (Å²) in [6, 6.07) is 11.5. The molecule has 0 radical (unpaired) electrons. The maximum atomic E-state index is 13.5. The van der Waals surface area contributed by atoms with E-state index in [9.17, 15) is 14.0 Å². The van der Waals surface area contributed by atoms with Crippen LogP contribution in [0.5, 0.6) is 5.75 Å². The second-order valence-electron chi connectivity index (χ2n) is 5.85. The molecule has 1 saturated heterocycles. The van der Waals surface area contributed by atoms with Crippen molar-refractivity contribution in [1.82, 2.24) is 5.32 Å². The lowest BCUT2D eigenvalue weighted by molar-refractivity contribution is -0.135. The van der Waals surface area contributed by atoms with Gasteiger partial charge in [0.15, 0.2) is 5.17 Å². The van der Waals surface area contributed by atoms with Crippen molar-refractivity contribution >= 4 is 46.6 Å². The van der Waals surface area contributed by atoms with Gasteiger partial charge in [-0.3, -0.25) is 10.1 Å². The second kappa shape index (κ2) is 10.0. The Kier molecular flexibility index (Phi) is 7.21. The molecule has 0 aliphatic carbocycles. The van der Waals surface area contributed by atoms with Gasteiger partial charge >= 0.3 is 5.97 Å². The molecule has 0 saturated carbocycles. The molecule has 0 aromatic heterocycles. The molecule has 154 valence electrons. The Labute approximate surface area is 180 Å². The molecule has 7 nitrogen and oxygen atoms in total. The van der Waals surface area contributed by atoms with Gasteiger partial charge in [0.25, 0.3) is 5.91 Å². The molecule has 1 aliphatic heterocycles. The molecular formula is C20H15ClFN3O4S. The molecule has 1 fully saturated rings. The number of rotatable bonds is 6. The fourth-order valence-corrected chi connectivity index (χ4v) is 3.13. The average Bonchev–Trinajstić information content (AvgIpc) is 3.08. The zero-order chi connectivity index (χ0) is 21.5. The largest absolute Gasteiger partial charge is 0.489 e. The number of esters is 1. The highest BCUT2D eigenvalue weighted by Gasteiger charge is 2.24. The number of methoxy groups -OCH3 is 1. The molecule has 2 aromatic rings. The highest BCUT2D eigenvalue weighted by atomic mass is 35.5. The number of benzene rings is 2. The van der Waals surface area contributed by atoms with Crippen molar-refractivity contribution in [1.29, 1.82) is 0 Å². The first-order valence-electron chi connectivity index (χ1n) is 8.51. The van der Waals surface area contributed by atoms with Crippen molar-refractivity contribution in [3.8, 4) is 5.75 Å². The highest BCUT2D eigenvalue weighted by molar-refractivity contribution is 8.18. The number of amidine groups is 1. The molecule has 1 N–H and O–H groups in total. The number of ether oxygens (including phenoxy) is 2. The third-order valence-corrected chi connectivity index (χ3v) is 4.91. The summed E-state index contributed by atoms with van der Waals surface area (Å²) >= 11 is 6.65. The van der Waals surface area contributed by atoms with Crippen LogP contribution in [0.2, 0.25) is 5.02 Å². The van der Waals surface area contributed by atoms with Crippen LogP contribution in [0.4, 0.5) is 4.39 Å². The third kappa shape index (κ3) is 5.91. The van der Waals surface area contributed by atoms with Gasteiger partial charge in [-0.05, 0) is 47.2 Å². The summed E-state index contributed by atoms with van der Waals surface area (Å²) < 4.78 is 23.6. The van der Waals surface area contributed by atoms with E-state index in [4.69, 9.17) is 16.3 Å². The quantitative estimate of drug-likeness (QED) is 0.316. The molecule has 0 unspecified atom stereocenters. The van der Waals surface area contributed by atoms with E-state index in [2.05, 4.69) is 20.3 Å². The number of halogens is 2. The Morgan fingerprint density at radius 1 is 1.30 bits per heavy atom. The van der Waals surface area contributed by atoms with Gasteiger partial charge in [0, 0.05) is 6.08 Å². The van der Waals surface area contributed by atoms with E-state index in [0.717, 1.165) is 17.8 Å². The van der Waals surface area contributed by atoms with Gasteiger partial charge in [0.1, 0.15) is 18.2 Å². The number of hydrogen-bond donors (Lipinski definition) is 1. The van der Waals surface area contributed by atoms with Crippen LogP contribution in [0.3, 0.4) is 0 Å². The minimum absolute atomic E-state index is 0.0584. The molecule has 10 heteroatoms. The van der Waals surface area contributed by atoms with Crippen LogP contribution in [0.25, 0.3) is 0 Å². The normalized spacial score (nSPS) is 16.3. The van der Waals surface area contributed by atoms with E-state index in [1.54, 1.807) is 30.3 Å². The molecule has 0 bridgehead atoms. The number of nitrogens with one attached hydrogen (secondary N) is 1. The molecule has 1 amide bonds. The van der Waals surface area contributed by atoms with Crippen molar-refractivity contribution in [3.63, 3.8) is 0 Å². The second-order valence-corrected chi connectivity index (χ2v) is 7.29. The molecule has 0 spiro atoms. The van der Waals surface area contributed by atoms with Crippen LogP contribution < -0.4 is 10.1 Å². The first-order valence-corrected chi connectivity index (χ1v) is 9.70. The third-order valence-electron chi connectivity index (χ3n) is 3.70. The van der Waals surface area contributed by atoms with Crippen molar-refractivity contribution in [2.45, 2.75) is 6.61 Å². The zero-order valence-electron chi connectivity index (χ0n) is 15.6. The average molecular weight is 448 g/mol. The van der Waals surface area contributed by atoms with Crippen molar-refractivity contribution in [2.24, 2.45) is 10.2 Å². The molecule has 3 rings (SSSR count). The minimum atomic E-state index is -0.629. The predicted molar refractivity (Wildman–Crippen MR) is 113 cm³/mol. The maximum absolute atomic E-state index is 13.5. The van der Waals surface area contributed by atoms with E-state index >= 15 is 0 Å². The van der Waals surface area contributed by atoms with Crippen molar-refractivity contribution in [3.05, 3.63) is 75.4 Å². The lowest BCUT2D eigenvalue weighted by Crippen LogP contribution is -2.19. The monoisotopic (exact) mass is 447 g/mol. The smallest absolute Gasteiger partial charge is 0.331 e. The minimum Gasteiger partial charge on any atom is -0.489 e. The Morgan fingerprint density at radius 2 is 2.13 bits per heavy atom. The van der Waals surface area contributed by atoms with Crippen LogP contribution >= 0.6 is 23.4 Å². The summed E-state index contributed by atoms with van der Waals surface area (Å²) in [5.74, 6) is -1.02. The van der Waals surface area contributed by atoms with E-state index < -0.39 is 17.7 Å². The maximum Gasteiger partial charge on any atom is 0.331 e. The van der Waals surface area contributed by atoms with Crippen molar-refractivity contribution < 1.29 is 23.5 Å². The lowest BCUT2D eigenvalue weighted by atomic mass is 10.2. The molecular weight excluding hydrogens is 433 g/mol. The Bertz CT molecular complexity index is 1070. The fourth-order valence-electron chi connectivity index (χ4n) is 2.27. The first-order chi connectivity index (χ1) is 14.4. The summed E-state index contributed by atoms with van der Waals surface area (Å²) in [5, 5.41) is 10.7. The lowest BCUT2D eigenvalue weighted by Gasteiger charge is -2.07. The number of thioether (sulfide) groups is 1. The molecule has 2 aromatic carbocycles. The summed E-state index contributed by atoms with van der Waals surface area (Å²) in [6.07, 6.45) is 2.57.